The van der Waals surface area contributed by atoms with Crippen molar-refractivity contribution in [1.29, 1.82) is 0 Å². The molecule has 1 aliphatic rings. The van der Waals surface area contributed by atoms with Crippen molar-refractivity contribution < 1.29 is 14.3 Å². The van der Waals surface area contributed by atoms with E-state index >= 15 is 0 Å². The molecule has 0 spiro atoms. The lowest BCUT2D eigenvalue weighted by Crippen LogP contribution is -2.45. The Morgan fingerprint density at radius 1 is 1.17 bits per heavy atom. The van der Waals surface area contributed by atoms with Crippen molar-refractivity contribution in [3.8, 4) is 5.75 Å². The number of hydrogen-bond donors (Lipinski definition) is 2. The van der Waals surface area contributed by atoms with Crippen LogP contribution in [0.5, 0.6) is 5.75 Å². The molecule has 2 aromatic rings. The van der Waals surface area contributed by atoms with Gasteiger partial charge >= 0.3 is 0 Å². The van der Waals surface area contributed by atoms with Crippen LogP contribution in [0.3, 0.4) is 0 Å². The maximum atomic E-state index is 12.2. The number of hydrogen-bond acceptors (Lipinski definition) is 3. The number of carbonyl (C=O) groups is 2. The van der Waals surface area contributed by atoms with Crippen LogP contribution >= 0.6 is 11.6 Å². The van der Waals surface area contributed by atoms with E-state index in [4.69, 9.17) is 16.3 Å². The van der Waals surface area contributed by atoms with Gasteiger partial charge in [0.1, 0.15) is 5.75 Å². The average molecular weight is 331 g/mol. The summed E-state index contributed by atoms with van der Waals surface area (Å²) >= 11 is 5.81. The molecule has 2 aromatic carbocycles. The van der Waals surface area contributed by atoms with Gasteiger partial charge in [0.25, 0.3) is 11.8 Å². The summed E-state index contributed by atoms with van der Waals surface area (Å²) in [6, 6.07) is 11.7. The maximum Gasteiger partial charge on any atom is 0.268 e. The highest BCUT2D eigenvalue weighted by molar-refractivity contribution is 6.30. The van der Waals surface area contributed by atoms with Crippen LogP contribution in [-0.2, 0) is 4.79 Å². The Morgan fingerprint density at radius 3 is 2.57 bits per heavy atom. The zero-order valence-electron chi connectivity index (χ0n) is 12.6. The van der Waals surface area contributed by atoms with Crippen LogP contribution < -0.4 is 15.4 Å². The Balaban J connectivity index is 1.80. The third-order valence-electron chi connectivity index (χ3n) is 3.50. The van der Waals surface area contributed by atoms with E-state index in [2.05, 4.69) is 10.6 Å². The smallest absolute Gasteiger partial charge is 0.268 e. The minimum Gasteiger partial charge on any atom is -0.476 e. The summed E-state index contributed by atoms with van der Waals surface area (Å²) < 4.78 is 5.65. The topological polar surface area (TPSA) is 67.4 Å². The van der Waals surface area contributed by atoms with E-state index in [1.807, 2.05) is 0 Å². The van der Waals surface area contributed by atoms with Crippen LogP contribution in [0.25, 0.3) is 0 Å². The Kier molecular flexibility index (Phi) is 3.74. The van der Waals surface area contributed by atoms with Gasteiger partial charge in [-0.2, -0.15) is 0 Å². The molecule has 0 unspecified atom stereocenters. The molecule has 0 saturated heterocycles. The summed E-state index contributed by atoms with van der Waals surface area (Å²) in [5, 5.41) is 6.12. The number of nitrogens with one attached hydrogen (secondary N) is 2. The van der Waals surface area contributed by atoms with E-state index < -0.39 is 5.60 Å². The van der Waals surface area contributed by atoms with Crippen LogP contribution in [0.15, 0.2) is 42.5 Å². The normalized spacial score (nSPS) is 15.2. The van der Waals surface area contributed by atoms with Crippen LogP contribution in [0.2, 0.25) is 5.02 Å². The Labute approximate surface area is 138 Å². The first-order valence-corrected chi connectivity index (χ1v) is 7.44. The molecular formula is C17H15ClN2O3. The fraction of sp³-hybridized carbons (Fsp3) is 0.176. The number of benzene rings is 2. The molecule has 0 fully saturated rings. The third-order valence-corrected chi connectivity index (χ3v) is 3.76. The van der Waals surface area contributed by atoms with E-state index in [0.717, 1.165) is 0 Å². The summed E-state index contributed by atoms with van der Waals surface area (Å²) in [4.78, 5) is 24.1. The van der Waals surface area contributed by atoms with Crippen molar-refractivity contribution in [3.05, 3.63) is 53.1 Å². The van der Waals surface area contributed by atoms with Gasteiger partial charge in [-0.05, 0) is 56.3 Å². The van der Waals surface area contributed by atoms with Crippen molar-refractivity contribution in [3.63, 3.8) is 0 Å². The molecule has 2 amide bonds. The molecule has 5 nitrogen and oxygen atoms in total. The zero-order valence-corrected chi connectivity index (χ0v) is 13.4. The molecule has 1 aliphatic heterocycles. The van der Waals surface area contributed by atoms with Gasteiger partial charge in [0.05, 0.1) is 5.69 Å². The summed E-state index contributed by atoms with van der Waals surface area (Å²) in [5.74, 6) is 0.0790. The van der Waals surface area contributed by atoms with E-state index in [-0.39, 0.29) is 11.8 Å². The number of rotatable bonds is 2. The van der Waals surface area contributed by atoms with E-state index in [9.17, 15) is 9.59 Å². The number of fused-ring (bicyclic) bond motifs is 1. The molecular weight excluding hydrogens is 316 g/mol. The Hall–Kier alpha value is -2.53. The lowest BCUT2D eigenvalue weighted by Gasteiger charge is -2.31. The summed E-state index contributed by atoms with van der Waals surface area (Å²) in [7, 11) is 0. The van der Waals surface area contributed by atoms with Crippen molar-refractivity contribution in [2.75, 3.05) is 10.6 Å². The van der Waals surface area contributed by atoms with E-state index in [1.54, 1.807) is 56.3 Å². The highest BCUT2D eigenvalue weighted by Crippen LogP contribution is 2.35. The highest BCUT2D eigenvalue weighted by atomic mass is 35.5. The Bertz CT molecular complexity index is 785. The maximum absolute atomic E-state index is 12.2. The van der Waals surface area contributed by atoms with Gasteiger partial charge in [0, 0.05) is 16.3 Å². The second-order valence-corrected chi connectivity index (χ2v) is 6.17. The highest BCUT2D eigenvalue weighted by Gasteiger charge is 2.35. The summed E-state index contributed by atoms with van der Waals surface area (Å²) in [6.07, 6.45) is 0. The minimum atomic E-state index is -0.916. The Morgan fingerprint density at radius 2 is 1.87 bits per heavy atom. The largest absolute Gasteiger partial charge is 0.476 e. The molecule has 0 aliphatic carbocycles. The average Bonchev–Trinajstić information content (AvgIpc) is 2.49. The SMILES string of the molecule is CC1(C)Oc2ccc(NC(=O)c3ccc(Cl)cc3)cc2NC1=O. The summed E-state index contributed by atoms with van der Waals surface area (Å²) in [6.45, 7) is 3.39. The van der Waals surface area contributed by atoms with Crippen molar-refractivity contribution in [2.45, 2.75) is 19.4 Å². The molecule has 23 heavy (non-hydrogen) atoms. The van der Waals surface area contributed by atoms with Crippen LogP contribution in [0.4, 0.5) is 11.4 Å². The van der Waals surface area contributed by atoms with Crippen LogP contribution in [0, 0.1) is 0 Å². The molecule has 1 heterocycles. The predicted molar refractivity (Wildman–Crippen MR) is 89.2 cm³/mol. The summed E-state index contributed by atoms with van der Waals surface area (Å²) in [5.41, 5.74) is 0.672. The van der Waals surface area contributed by atoms with Crippen molar-refractivity contribution >= 4 is 34.8 Å². The number of halogens is 1. The lowest BCUT2D eigenvalue weighted by molar-refractivity contribution is -0.129. The second-order valence-electron chi connectivity index (χ2n) is 5.74. The monoisotopic (exact) mass is 330 g/mol. The van der Waals surface area contributed by atoms with Gasteiger partial charge in [-0.25, -0.2) is 0 Å². The van der Waals surface area contributed by atoms with Gasteiger partial charge in [-0.15, -0.1) is 0 Å². The van der Waals surface area contributed by atoms with Crippen LogP contribution in [0.1, 0.15) is 24.2 Å². The van der Waals surface area contributed by atoms with Gasteiger partial charge < -0.3 is 15.4 Å². The van der Waals surface area contributed by atoms with Gasteiger partial charge in [-0.1, -0.05) is 11.6 Å². The molecule has 0 bridgehead atoms. The first kappa shape index (κ1) is 15.4. The molecule has 0 saturated carbocycles. The molecule has 3 rings (SSSR count). The third kappa shape index (κ3) is 3.14. The first-order chi connectivity index (χ1) is 10.8. The molecule has 2 N–H and O–H groups in total. The molecule has 0 aromatic heterocycles. The van der Waals surface area contributed by atoms with Crippen LogP contribution in [-0.4, -0.2) is 17.4 Å². The van der Waals surface area contributed by atoms with Crippen molar-refractivity contribution in [2.24, 2.45) is 0 Å². The standard InChI is InChI=1S/C17H15ClN2O3/c1-17(2)16(22)20-13-9-12(7-8-14(13)23-17)19-15(21)10-3-5-11(18)6-4-10/h3-9H,1-2H3,(H,19,21)(H,20,22). The minimum absolute atomic E-state index is 0.230. The molecule has 0 atom stereocenters. The number of anilines is 2. The fourth-order valence-corrected chi connectivity index (χ4v) is 2.32. The lowest BCUT2D eigenvalue weighted by atomic mass is 10.1. The second kappa shape index (κ2) is 5.59. The van der Waals surface area contributed by atoms with Gasteiger partial charge in [-0.3, -0.25) is 9.59 Å². The zero-order chi connectivity index (χ0) is 16.6. The number of carbonyl (C=O) groups excluding carboxylic acids is 2. The number of amides is 2. The fourth-order valence-electron chi connectivity index (χ4n) is 2.19. The number of ether oxygens (including phenoxy) is 1. The van der Waals surface area contributed by atoms with Gasteiger partial charge in [0.2, 0.25) is 0 Å². The molecule has 6 heteroatoms. The molecule has 118 valence electrons. The predicted octanol–water partition coefficient (Wildman–Crippen LogP) is 3.70. The quantitative estimate of drug-likeness (QED) is 0.882. The molecule has 0 radical (unpaired) electrons. The first-order valence-electron chi connectivity index (χ1n) is 7.06. The van der Waals surface area contributed by atoms with Crippen molar-refractivity contribution in [1.82, 2.24) is 0 Å². The van der Waals surface area contributed by atoms with E-state index in [1.165, 1.54) is 0 Å². The van der Waals surface area contributed by atoms with Gasteiger partial charge in [0.15, 0.2) is 5.60 Å². The van der Waals surface area contributed by atoms with E-state index in [0.29, 0.717) is 27.7 Å².